The van der Waals surface area contributed by atoms with Crippen molar-refractivity contribution in [1.29, 1.82) is 0 Å². The van der Waals surface area contributed by atoms with Crippen LogP contribution < -0.4 is 20.6 Å². The van der Waals surface area contributed by atoms with E-state index in [1.807, 2.05) is 41.9 Å². The summed E-state index contributed by atoms with van der Waals surface area (Å²) in [6.07, 6.45) is 0. The average molecular weight is 425 g/mol. The quantitative estimate of drug-likeness (QED) is 0.321. The lowest BCUT2D eigenvalue weighted by Crippen LogP contribution is -2.34. The molecule has 0 unspecified atom stereocenters. The first-order chi connectivity index (χ1) is 15.3. The van der Waals surface area contributed by atoms with E-state index in [2.05, 4.69) is 88.3 Å². The van der Waals surface area contributed by atoms with Gasteiger partial charge in [-0.25, -0.2) is 4.74 Å². The van der Waals surface area contributed by atoms with Crippen molar-refractivity contribution in [2.45, 2.75) is 13.5 Å². The molecule has 0 radical (unpaired) electrons. The van der Waals surface area contributed by atoms with Crippen molar-refractivity contribution in [3.05, 3.63) is 103 Å². The fourth-order valence-electron chi connectivity index (χ4n) is 3.77. The highest BCUT2D eigenvalue weighted by Gasteiger charge is 2.28. The van der Waals surface area contributed by atoms with E-state index in [9.17, 15) is 0 Å². The third-order valence-electron chi connectivity index (χ3n) is 5.22. The molecule has 6 nitrogen and oxygen atoms in total. The molecule has 0 aliphatic rings. The van der Waals surface area contributed by atoms with E-state index in [0.717, 1.165) is 12.2 Å². The van der Waals surface area contributed by atoms with Crippen LogP contribution in [0.5, 0.6) is 0 Å². The summed E-state index contributed by atoms with van der Waals surface area (Å²) in [6.45, 7) is 2.76. The van der Waals surface area contributed by atoms with Gasteiger partial charge in [0, 0.05) is 26.6 Å². The van der Waals surface area contributed by atoms with E-state index in [1.54, 1.807) is 4.63 Å². The fraction of sp³-hybridized carbons (Fsp3) is 0.0833. The minimum absolute atomic E-state index is 0.630. The van der Waals surface area contributed by atoms with Gasteiger partial charge in [0.1, 0.15) is 5.21 Å². The molecule has 7 heteroatoms. The Labute approximate surface area is 180 Å². The van der Waals surface area contributed by atoms with E-state index in [0.29, 0.717) is 5.82 Å². The first-order valence-corrected chi connectivity index (χ1v) is 12.0. The SMILES string of the molecule is CC[n+]1nnn2nc(N=P(c3ccccc3)(c3ccccc3)c3ccccc3)ccc21. The molecule has 0 aliphatic heterocycles. The smallest absolute Gasteiger partial charge is 0.232 e. The van der Waals surface area contributed by atoms with E-state index >= 15 is 0 Å². The highest BCUT2D eigenvalue weighted by molar-refractivity contribution is 7.87. The Morgan fingerprint density at radius 3 is 1.74 bits per heavy atom. The minimum Gasteiger partial charge on any atom is -0.232 e. The van der Waals surface area contributed by atoms with E-state index in [4.69, 9.17) is 4.74 Å². The Morgan fingerprint density at radius 2 is 1.26 bits per heavy atom. The Morgan fingerprint density at radius 1 is 0.742 bits per heavy atom. The number of hydrogen-bond donors (Lipinski definition) is 0. The number of aromatic nitrogens is 5. The van der Waals surface area contributed by atoms with Crippen LogP contribution in [0.2, 0.25) is 0 Å². The summed E-state index contributed by atoms with van der Waals surface area (Å²) in [5.41, 5.74) is 0.838. The summed E-state index contributed by atoms with van der Waals surface area (Å²) in [4.78, 5) is 0. The van der Waals surface area contributed by atoms with Crippen molar-refractivity contribution in [1.82, 2.24) is 20.2 Å². The van der Waals surface area contributed by atoms with Crippen LogP contribution in [0.4, 0.5) is 5.82 Å². The zero-order chi connectivity index (χ0) is 21.1. The highest BCUT2D eigenvalue weighted by atomic mass is 31.2. The normalized spacial score (nSPS) is 11.5. The number of tetrazole rings is 1. The average Bonchev–Trinajstić information content (AvgIpc) is 3.26. The molecule has 5 aromatic rings. The molecule has 0 spiro atoms. The largest absolute Gasteiger partial charge is 0.311 e. The maximum absolute atomic E-state index is 5.39. The Kier molecular flexibility index (Phi) is 5.14. The molecule has 0 saturated heterocycles. The molecule has 0 amide bonds. The van der Waals surface area contributed by atoms with Gasteiger partial charge in [-0.2, -0.15) is 0 Å². The Bertz CT molecular complexity index is 1260. The van der Waals surface area contributed by atoms with Crippen molar-refractivity contribution >= 4 is 34.4 Å². The molecule has 31 heavy (non-hydrogen) atoms. The van der Waals surface area contributed by atoms with Crippen LogP contribution in [0, 0.1) is 0 Å². The van der Waals surface area contributed by atoms with Crippen LogP contribution in [0.25, 0.3) is 5.65 Å². The van der Waals surface area contributed by atoms with Gasteiger partial charge >= 0.3 is 5.65 Å². The third-order valence-corrected chi connectivity index (χ3v) is 8.86. The molecule has 3 aromatic carbocycles. The summed E-state index contributed by atoms with van der Waals surface area (Å²) in [5, 5.41) is 16.6. The molecule has 2 heterocycles. The minimum atomic E-state index is -2.36. The second-order valence-corrected chi connectivity index (χ2v) is 10.1. The van der Waals surface area contributed by atoms with Crippen molar-refractivity contribution < 1.29 is 4.68 Å². The predicted octanol–water partition coefficient (Wildman–Crippen LogP) is 3.24. The summed E-state index contributed by atoms with van der Waals surface area (Å²) in [5.74, 6) is 0.630. The molecule has 2 aromatic heterocycles. The zero-order valence-electron chi connectivity index (χ0n) is 17.2. The third kappa shape index (κ3) is 3.45. The standard InChI is InChI=1S/C24H22N6P/c1-2-29-24-19-18-23(25-30(24)28-27-29)26-31(20-12-6-3-7-13-20,21-14-8-4-9-15-21)22-16-10-5-11-17-22/h3-19H,2H2,1H3/q+1. The molecule has 0 N–H and O–H groups in total. The van der Waals surface area contributed by atoms with E-state index in [-0.39, 0.29) is 0 Å². The van der Waals surface area contributed by atoms with E-state index < -0.39 is 7.05 Å². The lowest BCUT2D eigenvalue weighted by molar-refractivity contribution is -0.728. The molecule has 0 saturated carbocycles. The number of fused-ring (bicyclic) bond motifs is 1. The molecule has 0 fully saturated rings. The lowest BCUT2D eigenvalue weighted by atomic mass is 10.4. The van der Waals surface area contributed by atoms with Crippen molar-refractivity contribution in [2.75, 3.05) is 0 Å². The van der Waals surface area contributed by atoms with Crippen LogP contribution in [-0.4, -0.2) is 20.2 Å². The molecular weight excluding hydrogens is 403 g/mol. The van der Waals surface area contributed by atoms with Crippen LogP contribution >= 0.6 is 7.05 Å². The fourth-order valence-corrected chi connectivity index (χ4v) is 7.23. The number of hydrogen-bond acceptors (Lipinski definition) is 4. The van der Waals surface area contributed by atoms with Crippen molar-refractivity contribution in [2.24, 2.45) is 4.74 Å². The van der Waals surface area contributed by atoms with Gasteiger partial charge in [-0.05, 0) is 13.0 Å². The van der Waals surface area contributed by atoms with Gasteiger partial charge in [0.15, 0.2) is 11.0 Å². The van der Waals surface area contributed by atoms with Crippen LogP contribution in [-0.2, 0) is 6.54 Å². The molecule has 152 valence electrons. The lowest BCUT2D eigenvalue weighted by Gasteiger charge is -2.26. The van der Waals surface area contributed by atoms with Gasteiger partial charge in [-0.15, -0.1) is 4.68 Å². The maximum Gasteiger partial charge on any atom is 0.311 e. The summed E-state index contributed by atoms with van der Waals surface area (Å²) in [6, 6.07) is 35.5. The predicted molar refractivity (Wildman–Crippen MR) is 124 cm³/mol. The number of rotatable bonds is 5. The summed E-state index contributed by atoms with van der Waals surface area (Å²) in [7, 11) is -2.36. The van der Waals surface area contributed by atoms with Crippen molar-refractivity contribution in [3.63, 3.8) is 0 Å². The van der Waals surface area contributed by atoms with Gasteiger partial charge in [-0.3, -0.25) is 0 Å². The molecule has 5 rings (SSSR count). The monoisotopic (exact) mass is 425 g/mol. The maximum atomic E-state index is 5.39. The van der Waals surface area contributed by atoms with Crippen LogP contribution in [0.3, 0.4) is 0 Å². The first-order valence-electron chi connectivity index (χ1n) is 10.2. The second-order valence-electron chi connectivity index (χ2n) is 7.08. The summed E-state index contributed by atoms with van der Waals surface area (Å²) < 4.78 is 8.75. The molecular formula is C24H22N6P+. The van der Waals surface area contributed by atoms with Crippen LogP contribution in [0.15, 0.2) is 108 Å². The molecule has 0 atom stereocenters. The van der Waals surface area contributed by atoms with Gasteiger partial charge in [0.2, 0.25) is 0 Å². The second kappa shape index (κ2) is 8.25. The molecule has 0 aliphatic carbocycles. The van der Waals surface area contributed by atoms with E-state index in [1.165, 1.54) is 15.9 Å². The first kappa shape index (κ1) is 19.3. The number of nitrogens with zero attached hydrogens (tertiary/aromatic N) is 6. The number of aryl methyl sites for hydroxylation is 1. The van der Waals surface area contributed by atoms with Gasteiger partial charge in [-0.1, -0.05) is 96.1 Å². The highest BCUT2D eigenvalue weighted by Crippen LogP contribution is 2.48. The summed E-state index contributed by atoms with van der Waals surface area (Å²) >= 11 is 0. The zero-order valence-corrected chi connectivity index (χ0v) is 18.0. The van der Waals surface area contributed by atoms with Gasteiger partial charge in [0.25, 0.3) is 0 Å². The van der Waals surface area contributed by atoms with Gasteiger partial charge < -0.3 is 0 Å². The Balaban J connectivity index is 1.86. The van der Waals surface area contributed by atoms with Gasteiger partial charge in [0.05, 0.1) is 13.6 Å². The van der Waals surface area contributed by atoms with Crippen molar-refractivity contribution in [3.8, 4) is 0 Å². The number of benzene rings is 3. The molecule has 0 bridgehead atoms. The Hall–Kier alpha value is -3.63. The topological polar surface area (TPSA) is 59.3 Å². The van der Waals surface area contributed by atoms with Crippen LogP contribution in [0.1, 0.15) is 6.92 Å².